The summed E-state index contributed by atoms with van der Waals surface area (Å²) in [6, 6.07) is 10.3. The van der Waals surface area contributed by atoms with Crippen molar-refractivity contribution in [3.8, 4) is 0 Å². The molecule has 7 heteroatoms. The summed E-state index contributed by atoms with van der Waals surface area (Å²) in [6.45, 7) is 5.64. The first-order valence-corrected chi connectivity index (χ1v) is 8.83. The molecule has 0 aliphatic carbocycles. The molecule has 0 aromatic heterocycles. The fourth-order valence-electron chi connectivity index (χ4n) is 2.14. The van der Waals surface area contributed by atoms with Crippen molar-refractivity contribution in [2.45, 2.75) is 31.7 Å². The van der Waals surface area contributed by atoms with E-state index in [9.17, 15) is 18.3 Å². The Morgan fingerprint density at radius 1 is 1.00 bits per heavy atom. The van der Waals surface area contributed by atoms with Gasteiger partial charge < -0.3 is 5.11 Å². The minimum atomic E-state index is -3.86. The Labute approximate surface area is 141 Å². The fourth-order valence-corrected chi connectivity index (χ4v) is 3.03. The number of aryl methyl sites for hydroxylation is 3. The van der Waals surface area contributed by atoms with Gasteiger partial charge in [0, 0.05) is 0 Å². The van der Waals surface area contributed by atoms with Gasteiger partial charge in [-0.2, -0.15) is 0 Å². The van der Waals surface area contributed by atoms with Crippen LogP contribution in [0.5, 0.6) is 0 Å². The number of benzene rings is 2. The van der Waals surface area contributed by atoms with Crippen LogP contribution in [0.15, 0.2) is 47.4 Å². The molecule has 2 aromatic carbocycles. The lowest BCUT2D eigenvalue weighted by molar-refractivity contribution is -0.139. The van der Waals surface area contributed by atoms with Crippen molar-refractivity contribution in [1.29, 1.82) is 0 Å². The number of nitrogens with one attached hydrogen (secondary N) is 2. The molecule has 0 saturated carbocycles. The molecule has 24 heavy (non-hydrogen) atoms. The van der Waals surface area contributed by atoms with Crippen molar-refractivity contribution in [2.24, 2.45) is 0 Å². The zero-order valence-corrected chi connectivity index (χ0v) is 14.5. The summed E-state index contributed by atoms with van der Waals surface area (Å²) in [7, 11) is -3.86. The highest BCUT2D eigenvalue weighted by atomic mass is 32.2. The molecule has 2 aromatic rings. The Morgan fingerprint density at radius 3 is 2.17 bits per heavy atom. The van der Waals surface area contributed by atoms with Gasteiger partial charge in [0.1, 0.15) is 6.04 Å². The quantitative estimate of drug-likeness (QED) is 0.696. The van der Waals surface area contributed by atoms with Crippen molar-refractivity contribution < 1.29 is 18.3 Å². The molecule has 0 aliphatic rings. The average Bonchev–Trinajstić information content (AvgIpc) is 2.51. The first-order chi connectivity index (χ1) is 11.2. The molecular formula is C17H20N2O4S. The Kier molecular flexibility index (Phi) is 5.38. The first-order valence-electron chi connectivity index (χ1n) is 7.34. The highest BCUT2D eigenvalue weighted by Gasteiger charge is 2.23. The van der Waals surface area contributed by atoms with E-state index in [1.807, 2.05) is 20.8 Å². The average molecular weight is 348 g/mol. The van der Waals surface area contributed by atoms with Crippen molar-refractivity contribution in [2.75, 3.05) is 0 Å². The Bertz CT molecular complexity index is 845. The molecule has 0 radical (unpaired) electrons. The third-order valence-electron chi connectivity index (χ3n) is 3.78. The van der Waals surface area contributed by atoms with Crippen molar-refractivity contribution in [3.05, 3.63) is 64.7 Å². The molecule has 128 valence electrons. The SMILES string of the molecule is Cc1ccc(S(=O)(=O)NNC(C(=O)O)c2ccc(C)c(C)c2)cc1. The lowest BCUT2D eigenvalue weighted by atomic mass is 10.0. The summed E-state index contributed by atoms with van der Waals surface area (Å²) in [5.41, 5.74) is 5.76. The maximum absolute atomic E-state index is 12.3. The van der Waals surface area contributed by atoms with Gasteiger partial charge in [0.15, 0.2) is 0 Å². The van der Waals surface area contributed by atoms with Gasteiger partial charge in [-0.15, -0.1) is 4.83 Å². The number of carboxylic acid groups (broad SMARTS) is 1. The monoisotopic (exact) mass is 348 g/mol. The van der Waals surface area contributed by atoms with Gasteiger partial charge >= 0.3 is 5.97 Å². The predicted molar refractivity (Wildman–Crippen MR) is 90.9 cm³/mol. The molecule has 0 aliphatic heterocycles. The zero-order chi connectivity index (χ0) is 17.9. The lowest BCUT2D eigenvalue weighted by Gasteiger charge is -2.17. The van der Waals surface area contributed by atoms with Crippen LogP contribution in [0.2, 0.25) is 0 Å². The number of hydrazine groups is 1. The van der Waals surface area contributed by atoms with Gasteiger partial charge in [-0.1, -0.05) is 35.9 Å². The largest absolute Gasteiger partial charge is 0.480 e. The minimum Gasteiger partial charge on any atom is -0.480 e. The van der Waals surface area contributed by atoms with E-state index in [2.05, 4.69) is 10.3 Å². The van der Waals surface area contributed by atoms with Gasteiger partial charge in [0.2, 0.25) is 0 Å². The molecule has 6 nitrogen and oxygen atoms in total. The van der Waals surface area contributed by atoms with Crippen LogP contribution >= 0.6 is 0 Å². The van der Waals surface area contributed by atoms with E-state index in [1.165, 1.54) is 12.1 Å². The fraction of sp³-hybridized carbons (Fsp3) is 0.235. The molecule has 0 heterocycles. The topological polar surface area (TPSA) is 95.5 Å². The summed E-state index contributed by atoms with van der Waals surface area (Å²) in [6.07, 6.45) is 0. The Balaban J connectivity index is 2.21. The van der Waals surface area contributed by atoms with E-state index < -0.39 is 22.0 Å². The number of aliphatic carboxylic acids is 1. The number of hydrogen-bond acceptors (Lipinski definition) is 4. The second-order valence-corrected chi connectivity index (χ2v) is 7.36. The van der Waals surface area contributed by atoms with Crippen LogP contribution < -0.4 is 10.3 Å². The predicted octanol–water partition coefficient (Wildman–Crippen LogP) is 2.22. The van der Waals surface area contributed by atoms with Crippen molar-refractivity contribution in [3.63, 3.8) is 0 Å². The number of carbonyl (C=O) groups is 1. The van der Waals surface area contributed by atoms with Crippen LogP contribution in [0, 0.1) is 20.8 Å². The van der Waals surface area contributed by atoms with Crippen LogP contribution in [-0.2, 0) is 14.8 Å². The van der Waals surface area contributed by atoms with Gasteiger partial charge in [-0.3, -0.25) is 4.79 Å². The van der Waals surface area contributed by atoms with E-state index in [0.717, 1.165) is 16.7 Å². The third kappa shape index (κ3) is 4.19. The molecule has 0 saturated heterocycles. The van der Waals surface area contributed by atoms with Crippen LogP contribution in [0.1, 0.15) is 28.3 Å². The van der Waals surface area contributed by atoms with Gasteiger partial charge in [-0.05, 0) is 49.6 Å². The zero-order valence-electron chi connectivity index (χ0n) is 13.7. The van der Waals surface area contributed by atoms with Gasteiger partial charge in [0.25, 0.3) is 10.0 Å². The summed E-state index contributed by atoms with van der Waals surface area (Å²) in [5, 5.41) is 9.39. The minimum absolute atomic E-state index is 0.0600. The molecule has 0 fully saturated rings. The number of carboxylic acids is 1. The van der Waals surface area contributed by atoms with Crippen LogP contribution in [0.3, 0.4) is 0 Å². The molecule has 3 N–H and O–H groups in total. The highest BCUT2D eigenvalue weighted by molar-refractivity contribution is 7.89. The molecule has 0 spiro atoms. The van der Waals surface area contributed by atoms with Crippen LogP contribution in [-0.4, -0.2) is 19.5 Å². The standard InChI is InChI=1S/C17H20N2O4S/c1-11-4-8-15(9-5-11)24(22,23)19-18-16(17(20)21)14-7-6-12(2)13(3)10-14/h4-10,16,18-19H,1-3H3,(H,20,21). The normalized spacial score (nSPS) is 12.8. The number of hydrogen-bond donors (Lipinski definition) is 3. The first kappa shape index (κ1) is 18.1. The van der Waals surface area contributed by atoms with E-state index in [0.29, 0.717) is 5.56 Å². The molecule has 0 amide bonds. The maximum atomic E-state index is 12.3. The third-order valence-corrected chi connectivity index (χ3v) is 5.06. The second kappa shape index (κ2) is 7.12. The summed E-state index contributed by atoms with van der Waals surface area (Å²) in [4.78, 5) is 13.7. The Hall–Kier alpha value is -2.22. The van der Waals surface area contributed by atoms with Crippen molar-refractivity contribution in [1.82, 2.24) is 10.3 Å². The van der Waals surface area contributed by atoms with Gasteiger partial charge in [-0.25, -0.2) is 13.8 Å². The van der Waals surface area contributed by atoms with E-state index in [4.69, 9.17) is 0 Å². The Morgan fingerprint density at radius 2 is 1.62 bits per heavy atom. The highest BCUT2D eigenvalue weighted by Crippen LogP contribution is 2.18. The van der Waals surface area contributed by atoms with Crippen molar-refractivity contribution >= 4 is 16.0 Å². The van der Waals surface area contributed by atoms with Crippen LogP contribution in [0.4, 0.5) is 0 Å². The lowest BCUT2D eigenvalue weighted by Crippen LogP contribution is -2.42. The van der Waals surface area contributed by atoms with E-state index in [1.54, 1.807) is 30.3 Å². The summed E-state index contributed by atoms with van der Waals surface area (Å²) >= 11 is 0. The van der Waals surface area contributed by atoms with Gasteiger partial charge in [0.05, 0.1) is 4.90 Å². The van der Waals surface area contributed by atoms with E-state index in [-0.39, 0.29) is 4.90 Å². The van der Waals surface area contributed by atoms with E-state index >= 15 is 0 Å². The summed E-state index contributed by atoms with van der Waals surface area (Å²) in [5.74, 6) is -1.18. The molecule has 1 unspecified atom stereocenters. The second-order valence-electron chi connectivity index (χ2n) is 5.68. The molecular weight excluding hydrogens is 328 g/mol. The molecule has 1 atom stereocenters. The molecule has 2 rings (SSSR count). The smallest absolute Gasteiger partial charge is 0.326 e. The number of sulfonamides is 1. The number of rotatable bonds is 6. The van der Waals surface area contributed by atoms with Crippen LogP contribution in [0.25, 0.3) is 0 Å². The maximum Gasteiger partial charge on any atom is 0.326 e. The molecule has 0 bridgehead atoms. The summed E-state index contributed by atoms with van der Waals surface area (Å²) < 4.78 is 24.5.